The van der Waals surface area contributed by atoms with Crippen molar-refractivity contribution in [3.8, 4) is 16.9 Å². The Morgan fingerprint density at radius 3 is 2.40 bits per heavy atom. The minimum absolute atomic E-state index is 0.281. The highest BCUT2D eigenvalue weighted by Crippen LogP contribution is 2.42. The third kappa shape index (κ3) is 4.13. The first-order chi connectivity index (χ1) is 14.6. The number of hydrogen-bond donors (Lipinski definition) is 0. The first kappa shape index (κ1) is 20.6. The lowest BCUT2D eigenvalue weighted by molar-refractivity contribution is 0.340. The standard InChI is InChI=1S/C24H24ClN3OS/c1-4-28(15-17-9-7-6-8-10-17)22-21-20(16(3)30-23(21)27-24(25)26-22)18-11-13-19(14-12-18)29-5-2/h6-14H,4-5,15H2,1-3H3. The summed E-state index contributed by atoms with van der Waals surface area (Å²) in [5.41, 5.74) is 3.53. The minimum atomic E-state index is 0.281. The van der Waals surface area contributed by atoms with Gasteiger partial charge in [-0.1, -0.05) is 42.5 Å². The third-order valence-electron chi connectivity index (χ3n) is 5.03. The second-order valence-corrected chi connectivity index (χ2v) is 8.53. The summed E-state index contributed by atoms with van der Waals surface area (Å²) in [5, 5.41) is 1.34. The fraction of sp³-hybridized carbons (Fsp3) is 0.250. The van der Waals surface area contributed by atoms with Crippen LogP contribution in [0.2, 0.25) is 5.28 Å². The molecule has 0 aliphatic rings. The summed E-state index contributed by atoms with van der Waals surface area (Å²) in [4.78, 5) is 13.6. The smallest absolute Gasteiger partial charge is 0.225 e. The summed E-state index contributed by atoms with van der Waals surface area (Å²) in [6.07, 6.45) is 0. The van der Waals surface area contributed by atoms with Gasteiger partial charge in [-0.05, 0) is 55.6 Å². The monoisotopic (exact) mass is 437 g/mol. The molecule has 0 N–H and O–H groups in total. The molecule has 154 valence electrons. The zero-order chi connectivity index (χ0) is 21.1. The molecule has 6 heteroatoms. The molecule has 4 aromatic rings. The van der Waals surface area contributed by atoms with E-state index in [1.807, 2.05) is 25.1 Å². The molecule has 30 heavy (non-hydrogen) atoms. The summed E-state index contributed by atoms with van der Waals surface area (Å²) in [7, 11) is 0. The van der Waals surface area contributed by atoms with Gasteiger partial charge in [-0.3, -0.25) is 0 Å². The maximum absolute atomic E-state index is 6.33. The van der Waals surface area contributed by atoms with Crippen LogP contribution in [-0.4, -0.2) is 23.1 Å². The predicted molar refractivity (Wildman–Crippen MR) is 127 cm³/mol. The van der Waals surface area contributed by atoms with Gasteiger partial charge in [0.15, 0.2) is 0 Å². The van der Waals surface area contributed by atoms with Crippen molar-refractivity contribution < 1.29 is 4.74 Å². The Kier molecular flexibility index (Phi) is 6.21. The SMILES string of the molecule is CCOc1ccc(-c2c(C)sc3nc(Cl)nc(N(CC)Cc4ccccc4)c23)cc1. The Morgan fingerprint density at radius 1 is 1.00 bits per heavy atom. The number of aromatic nitrogens is 2. The molecule has 4 nitrogen and oxygen atoms in total. The molecule has 2 aromatic carbocycles. The average Bonchev–Trinajstić information content (AvgIpc) is 3.08. The van der Waals surface area contributed by atoms with Crippen molar-refractivity contribution in [3.05, 3.63) is 70.3 Å². The topological polar surface area (TPSA) is 38.3 Å². The Balaban J connectivity index is 1.85. The number of ether oxygens (including phenoxy) is 1. The highest BCUT2D eigenvalue weighted by molar-refractivity contribution is 7.19. The summed E-state index contributed by atoms with van der Waals surface area (Å²) >= 11 is 7.99. The van der Waals surface area contributed by atoms with E-state index in [4.69, 9.17) is 16.3 Å². The van der Waals surface area contributed by atoms with E-state index in [2.05, 4.69) is 65.1 Å². The Labute approximate surface area is 186 Å². The summed E-state index contributed by atoms with van der Waals surface area (Å²) in [6, 6.07) is 18.7. The van der Waals surface area contributed by atoms with Crippen LogP contribution < -0.4 is 9.64 Å². The van der Waals surface area contributed by atoms with Crippen LogP contribution in [0.15, 0.2) is 54.6 Å². The first-order valence-corrected chi connectivity index (χ1v) is 11.3. The Bertz CT molecular complexity index is 1140. The van der Waals surface area contributed by atoms with E-state index in [0.29, 0.717) is 6.61 Å². The van der Waals surface area contributed by atoms with Crippen molar-refractivity contribution in [3.63, 3.8) is 0 Å². The van der Waals surface area contributed by atoms with E-state index < -0.39 is 0 Å². The molecule has 0 bridgehead atoms. The fourth-order valence-electron chi connectivity index (χ4n) is 3.67. The normalized spacial score (nSPS) is 11.1. The van der Waals surface area contributed by atoms with Crippen LogP contribution in [-0.2, 0) is 6.54 Å². The lowest BCUT2D eigenvalue weighted by atomic mass is 10.0. The molecule has 4 rings (SSSR count). The molecular weight excluding hydrogens is 414 g/mol. The molecule has 0 aliphatic heterocycles. The lowest BCUT2D eigenvalue weighted by Gasteiger charge is -2.23. The second kappa shape index (κ2) is 9.02. The molecular formula is C24H24ClN3OS. The molecule has 0 atom stereocenters. The van der Waals surface area contributed by atoms with E-state index in [1.54, 1.807) is 11.3 Å². The molecule has 0 fully saturated rings. The predicted octanol–water partition coefficient (Wildman–Crippen LogP) is 6.75. The molecule has 0 saturated carbocycles. The van der Waals surface area contributed by atoms with Crippen molar-refractivity contribution in [2.24, 2.45) is 0 Å². The number of benzene rings is 2. The van der Waals surface area contributed by atoms with Crippen LogP contribution in [0.25, 0.3) is 21.3 Å². The Morgan fingerprint density at radius 2 is 1.73 bits per heavy atom. The molecule has 0 amide bonds. The van der Waals surface area contributed by atoms with Gasteiger partial charge >= 0.3 is 0 Å². The van der Waals surface area contributed by atoms with Gasteiger partial charge in [-0.2, -0.15) is 4.98 Å². The summed E-state index contributed by atoms with van der Waals surface area (Å²) in [5.74, 6) is 1.75. The highest BCUT2D eigenvalue weighted by Gasteiger charge is 2.21. The van der Waals surface area contributed by atoms with Crippen LogP contribution in [0.4, 0.5) is 5.82 Å². The molecule has 2 heterocycles. The van der Waals surface area contributed by atoms with Crippen LogP contribution >= 0.6 is 22.9 Å². The van der Waals surface area contributed by atoms with Gasteiger partial charge in [0, 0.05) is 23.5 Å². The molecule has 0 aliphatic carbocycles. The van der Waals surface area contributed by atoms with Crippen LogP contribution in [0.3, 0.4) is 0 Å². The van der Waals surface area contributed by atoms with E-state index >= 15 is 0 Å². The molecule has 0 unspecified atom stereocenters. The van der Waals surface area contributed by atoms with Gasteiger partial charge in [0.05, 0.1) is 12.0 Å². The van der Waals surface area contributed by atoms with Crippen molar-refractivity contribution in [1.82, 2.24) is 9.97 Å². The van der Waals surface area contributed by atoms with Gasteiger partial charge < -0.3 is 9.64 Å². The number of thiophene rings is 1. The second-order valence-electron chi connectivity index (χ2n) is 6.99. The maximum atomic E-state index is 6.33. The van der Waals surface area contributed by atoms with E-state index in [-0.39, 0.29) is 5.28 Å². The molecule has 0 saturated heterocycles. The fourth-order valence-corrected chi connectivity index (χ4v) is 4.92. The van der Waals surface area contributed by atoms with Gasteiger partial charge in [-0.25, -0.2) is 4.98 Å². The molecule has 0 radical (unpaired) electrons. The number of halogens is 1. The van der Waals surface area contributed by atoms with E-state index in [9.17, 15) is 0 Å². The van der Waals surface area contributed by atoms with Gasteiger partial charge in [0.2, 0.25) is 5.28 Å². The zero-order valence-electron chi connectivity index (χ0n) is 17.4. The van der Waals surface area contributed by atoms with E-state index in [0.717, 1.165) is 46.0 Å². The van der Waals surface area contributed by atoms with Gasteiger partial charge in [0.25, 0.3) is 0 Å². The largest absolute Gasteiger partial charge is 0.494 e. The zero-order valence-corrected chi connectivity index (χ0v) is 18.9. The molecule has 0 spiro atoms. The lowest BCUT2D eigenvalue weighted by Crippen LogP contribution is -2.23. The van der Waals surface area contributed by atoms with Crippen molar-refractivity contribution >= 4 is 39.0 Å². The van der Waals surface area contributed by atoms with Crippen LogP contribution in [0.5, 0.6) is 5.75 Å². The number of nitrogens with zero attached hydrogens (tertiary/aromatic N) is 3. The Hall–Kier alpha value is -2.63. The van der Waals surface area contributed by atoms with Crippen LogP contribution in [0.1, 0.15) is 24.3 Å². The number of rotatable bonds is 7. The number of anilines is 1. The quantitative estimate of drug-likeness (QED) is 0.300. The number of aryl methyl sites for hydroxylation is 1. The number of fused-ring (bicyclic) bond motifs is 1. The van der Waals surface area contributed by atoms with Crippen molar-refractivity contribution in [2.75, 3.05) is 18.1 Å². The van der Waals surface area contributed by atoms with Crippen molar-refractivity contribution in [2.45, 2.75) is 27.3 Å². The summed E-state index contributed by atoms with van der Waals surface area (Å²) < 4.78 is 5.61. The van der Waals surface area contributed by atoms with Gasteiger partial charge in [0.1, 0.15) is 16.4 Å². The van der Waals surface area contributed by atoms with Crippen LogP contribution in [0, 0.1) is 6.92 Å². The number of hydrogen-bond acceptors (Lipinski definition) is 5. The highest BCUT2D eigenvalue weighted by atomic mass is 35.5. The first-order valence-electron chi connectivity index (χ1n) is 10.1. The third-order valence-corrected chi connectivity index (χ3v) is 6.20. The minimum Gasteiger partial charge on any atom is -0.494 e. The summed E-state index contributed by atoms with van der Waals surface area (Å²) in [6.45, 7) is 8.49. The molecule has 2 aromatic heterocycles. The van der Waals surface area contributed by atoms with Gasteiger partial charge in [-0.15, -0.1) is 11.3 Å². The maximum Gasteiger partial charge on any atom is 0.225 e. The van der Waals surface area contributed by atoms with E-state index in [1.165, 1.54) is 10.4 Å². The average molecular weight is 438 g/mol. The van der Waals surface area contributed by atoms with Crippen molar-refractivity contribution in [1.29, 1.82) is 0 Å².